The normalized spacial score (nSPS) is 14.0. The third kappa shape index (κ3) is 2.76. The average Bonchev–Trinajstić information content (AvgIpc) is 2.46. The van der Waals surface area contributed by atoms with Gasteiger partial charge < -0.3 is 4.42 Å². The van der Waals surface area contributed by atoms with E-state index < -0.39 is 0 Å². The highest BCUT2D eigenvalue weighted by atomic mass is 16.3. The smallest absolute Gasteiger partial charge is 0.297 e. The molecule has 0 unspecified atom stereocenters. The Balaban J connectivity index is 2.99. The van der Waals surface area contributed by atoms with Crippen LogP contribution in [-0.4, -0.2) is 11.1 Å². The van der Waals surface area contributed by atoms with Gasteiger partial charge in [0.1, 0.15) is 6.26 Å². The van der Waals surface area contributed by atoms with Gasteiger partial charge in [0.2, 0.25) is 0 Å². The molecule has 3 nitrogen and oxygen atoms in total. The van der Waals surface area contributed by atoms with Crippen molar-refractivity contribution in [1.29, 1.82) is 0 Å². The summed E-state index contributed by atoms with van der Waals surface area (Å²) in [5.41, 5.74) is 0.745. The van der Waals surface area contributed by atoms with Crippen LogP contribution in [0, 0.1) is 5.92 Å². The molecule has 14 heavy (non-hydrogen) atoms. The summed E-state index contributed by atoms with van der Waals surface area (Å²) in [6, 6.07) is 0. The molecule has 0 radical (unpaired) electrons. The molecule has 0 amide bonds. The van der Waals surface area contributed by atoms with Crippen LogP contribution in [0.25, 0.3) is 0 Å². The van der Waals surface area contributed by atoms with E-state index in [1.807, 2.05) is 6.20 Å². The van der Waals surface area contributed by atoms with Crippen LogP contribution in [0.1, 0.15) is 34.6 Å². The van der Waals surface area contributed by atoms with Crippen molar-refractivity contribution >= 4 is 0 Å². The summed E-state index contributed by atoms with van der Waals surface area (Å²) in [7, 11) is 0. The standard InChI is InChI=1S/C11H20N2O/c1-9(2)8-12-10-13(6-7-14-10)11(3,4)5/h6-7,9H,8H2,1-5H3/b12-10+. The molecule has 1 aromatic heterocycles. The second-order valence-electron chi connectivity index (χ2n) is 4.96. The van der Waals surface area contributed by atoms with Gasteiger partial charge in [0.25, 0.3) is 5.68 Å². The molecule has 1 rings (SSSR count). The van der Waals surface area contributed by atoms with Gasteiger partial charge in [-0.15, -0.1) is 0 Å². The SMILES string of the molecule is CC(C)C/N=c1/occn1C(C)(C)C. The first-order valence-electron chi connectivity index (χ1n) is 5.08. The van der Waals surface area contributed by atoms with Crippen molar-refractivity contribution in [2.75, 3.05) is 6.54 Å². The van der Waals surface area contributed by atoms with Gasteiger partial charge >= 0.3 is 0 Å². The van der Waals surface area contributed by atoms with E-state index >= 15 is 0 Å². The average molecular weight is 196 g/mol. The molecule has 0 bridgehead atoms. The second-order valence-corrected chi connectivity index (χ2v) is 4.96. The van der Waals surface area contributed by atoms with Gasteiger partial charge in [-0.25, -0.2) is 4.99 Å². The zero-order valence-corrected chi connectivity index (χ0v) is 9.74. The summed E-state index contributed by atoms with van der Waals surface area (Å²) in [6.07, 6.45) is 3.61. The van der Waals surface area contributed by atoms with E-state index in [-0.39, 0.29) is 5.54 Å². The van der Waals surface area contributed by atoms with Gasteiger partial charge in [-0.3, -0.25) is 4.57 Å². The molecule has 0 saturated carbocycles. The number of hydrogen-bond acceptors (Lipinski definition) is 2. The molecule has 0 fully saturated rings. The Morgan fingerprint density at radius 2 is 2.07 bits per heavy atom. The van der Waals surface area contributed by atoms with Crippen LogP contribution in [0.4, 0.5) is 0 Å². The molecular formula is C11H20N2O. The Hall–Kier alpha value is -0.990. The minimum absolute atomic E-state index is 0.0306. The van der Waals surface area contributed by atoms with Gasteiger partial charge in [-0.05, 0) is 26.7 Å². The van der Waals surface area contributed by atoms with Gasteiger partial charge in [-0.1, -0.05) is 13.8 Å². The lowest BCUT2D eigenvalue weighted by molar-refractivity contribution is 0.338. The summed E-state index contributed by atoms with van der Waals surface area (Å²) in [6.45, 7) is 11.5. The molecule has 3 heteroatoms. The summed E-state index contributed by atoms with van der Waals surface area (Å²) in [4.78, 5) is 4.43. The Morgan fingerprint density at radius 1 is 1.43 bits per heavy atom. The maximum Gasteiger partial charge on any atom is 0.297 e. The Bertz CT molecular complexity index is 339. The lowest BCUT2D eigenvalue weighted by Gasteiger charge is -2.19. The monoisotopic (exact) mass is 196 g/mol. The van der Waals surface area contributed by atoms with Crippen molar-refractivity contribution in [1.82, 2.24) is 4.57 Å². The highest BCUT2D eigenvalue weighted by Gasteiger charge is 2.14. The molecule has 0 aliphatic carbocycles. The predicted octanol–water partition coefficient (Wildman–Crippen LogP) is 2.39. The van der Waals surface area contributed by atoms with Gasteiger partial charge in [0.15, 0.2) is 0 Å². The molecule has 0 aliphatic heterocycles. The van der Waals surface area contributed by atoms with Crippen LogP contribution in [-0.2, 0) is 5.54 Å². The van der Waals surface area contributed by atoms with E-state index in [1.165, 1.54) is 0 Å². The molecule has 80 valence electrons. The first-order valence-corrected chi connectivity index (χ1v) is 5.08. The molecular weight excluding hydrogens is 176 g/mol. The lowest BCUT2D eigenvalue weighted by Crippen LogP contribution is -2.31. The molecule has 0 N–H and O–H groups in total. The Kier molecular flexibility index (Phi) is 3.19. The fraction of sp³-hybridized carbons (Fsp3) is 0.727. The molecule has 0 atom stereocenters. The van der Waals surface area contributed by atoms with E-state index in [0.717, 1.165) is 6.54 Å². The largest absolute Gasteiger partial charge is 0.432 e. The molecule has 0 saturated heterocycles. The van der Waals surface area contributed by atoms with Crippen LogP contribution in [0.5, 0.6) is 0 Å². The fourth-order valence-corrected chi connectivity index (χ4v) is 1.16. The topological polar surface area (TPSA) is 30.4 Å². The van der Waals surface area contributed by atoms with Crippen LogP contribution in [0.2, 0.25) is 0 Å². The van der Waals surface area contributed by atoms with Crippen molar-refractivity contribution in [2.45, 2.75) is 40.2 Å². The van der Waals surface area contributed by atoms with Crippen LogP contribution in [0.3, 0.4) is 0 Å². The number of rotatable bonds is 2. The minimum Gasteiger partial charge on any atom is -0.432 e. The van der Waals surface area contributed by atoms with Crippen LogP contribution < -0.4 is 5.68 Å². The van der Waals surface area contributed by atoms with Gasteiger partial charge in [-0.2, -0.15) is 0 Å². The quantitative estimate of drug-likeness (QED) is 0.714. The summed E-state index contributed by atoms with van der Waals surface area (Å²) < 4.78 is 7.39. The van der Waals surface area contributed by atoms with Crippen molar-refractivity contribution in [3.8, 4) is 0 Å². The van der Waals surface area contributed by atoms with E-state index in [9.17, 15) is 0 Å². The van der Waals surface area contributed by atoms with Crippen molar-refractivity contribution in [2.24, 2.45) is 10.9 Å². The Labute approximate surface area is 85.5 Å². The molecule has 0 spiro atoms. The Morgan fingerprint density at radius 3 is 2.57 bits per heavy atom. The van der Waals surface area contributed by atoms with Crippen LogP contribution in [0.15, 0.2) is 21.9 Å². The van der Waals surface area contributed by atoms with E-state index in [0.29, 0.717) is 11.6 Å². The summed E-state index contributed by atoms with van der Waals surface area (Å²) >= 11 is 0. The van der Waals surface area contributed by atoms with E-state index in [1.54, 1.807) is 6.26 Å². The number of nitrogens with zero attached hydrogens (tertiary/aromatic N) is 2. The molecule has 1 aromatic rings. The van der Waals surface area contributed by atoms with Crippen molar-refractivity contribution < 1.29 is 4.42 Å². The minimum atomic E-state index is 0.0306. The number of aromatic nitrogens is 1. The third-order valence-corrected chi connectivity index (χ3v) is 1.90. The number of oxazole rings is 1. The fourth-order valence-electron chi connectivity index (χ4n) is 1.16. The molecule has 0 aromatic carbocycles. The predicted molar refractivity (Wildman–Crippen MR) is 57.0 cm³/mol. The van der Waals surface area contributed by atoms with Crippen LogP contribution >= 0.6 is 0 Å². The van der Waals surface area contributed by atoms with Crippen molar-refractivity contribution in [3.63, 3.8) is 0 Å². The first-order chi connectivity index (χ1) is 6.41. The highest BCUT2D eigenvalue weighted by Crippen LogP contribution is 2.09. The zero-order chi connectivity index (χ0) is 10.8. The highest BCUT2D eigenvalue weighted by molar-refractivity contribution is 4.80. The van der Waals surface area contributed by atoms with Gasteiger partial charge in [0, 0.05) is 18.3 Å². The maximum absolute atomic E-state index is 5.34. The molecule has 0 aliphatic rings. The summed E-state index contributed by atoms with van der Waals surface area (Å²) in [5.74, 6) is 0.563. The zero-order valence-electron chi connectivity index (χ0n) is 9.74. The third-order valence-electron chi connectivity index (χ3n) is 1.90. The lowest BCUT2D eigenvalue weighted by atomic mass is 10.1. The first kappa shape index (κ1) is 11.1. The summed E-state index contributed by atoms with van der Waals surface area (Å²) in [5, 5.41) is 0. The maximum atomic E-state index is 5.34. The van der Waals surface area contributed by atoms with Gasteiger partial charge in [0.05, 0.1) is 0 Å². The molecule has 1 heterocycles. The van der Waals surface area contributed by atoms with Crippen molar-refractivity contribution in [3.05, 3.63) is 18.1 Å². The van der Waals surface area contributed by atoms with E-state index in [4.69, 9.17) is 4.42 Å². The second kappa shape index (κ2) is 4.03. The van der Waals surface area contributed by atoms with E-state index in [2.05, 4.69) is 44.2 Å². The number of hydrogen-bond donors (Lipinski definition) is 0.